The van der Waals surface area contributed by atoms with Crippen LogP contribution in [0.1, 0.15) is 39.0 Å². The van der Waals surface area contributed by atoms with E-state index in [2.05, 4.69) is 25.5 Å². The highest BCUT2D eigenvalue weighted by molar-refractivity contribution is 5.98. The SMILES string of the molecule is Cn1c(=O)oc2ccc(CNC(=O)c3cc(C(=O)NCc4cccc(OC(C)(F)F)c4)n4nccc4n3)cc21. The second kappa shape index (κ2) is 10.0. The largest absolute Gasteiger partial charge is 0.433 e. The van der Waals surface area contributed by atoms with Crippen LogP contribution in [0.3, 0.4) is 0 Å². The highest BCUT2D eigenvalue weighted by atomic mass is 19.3. The number of hydrogen-bond donors (Lipinski definition) is 2. The van der Waals surface area contributed by atoms with Crippen molar-refractivity contribution in [2.24, 2.45) is 7.05 Å². The van der Waals surface area contributed by atoms with Crippen LogP contribution >= 0.6 is 0 Å². The minimum atomic E-state index is -3.34. The van der Waals surface area contributed by atoms with Crippen molar-refractivity contribution in [3.05, 3.63) is 93.9 Å². The zero-order chi connectivity index (χ0) is 27.7. The van der Waals surface area contributed by atoms with E-state index in [0.717, 1.165) is 5.56 Å². The lowest BCUT2D eigenvalue weighted by molar-refractivity contribution is -0.159. The molecule has 0 atom stereocenters. The van der Waals surface area contributed by atoms with Crippen LogP contribution < -0.4 is 21.1 Å². The van der Waals surface area contributed by atoms with Crippen LogP contribution in [0.15, 0.2) is 70.0 Å². The summed E-state index contributed by atoms with van der Waals surface area (Å²) in [5, 5.41) is 9.56. The van der Waals surface area contributed by atoms with Gasteiger partial charge < -0.3 is 19.8 Å². The van der Waals surface area contributed by atoms with E-state index in [1.54, 1.807) is 37.4 Å². The Morgan fingerprint density at radius 2 is 1.77 bits per heavy atom. The highest BCUT2D eigenvalue weighted by Gasteiger charge is 2.23. The van der Waals surface area contributed by atoms with Gasteiger partial charge in [-0.2, -0.15) is 13.9 Å². The quantitative estimate of drug-likeness (QED) is 0.312. The van der Waals surface area contributed by atoms with Gasteiger partial charge in [-0.15, -0.1) is 0 Å². The molecule has 200 valence electrons. The first-order chi connectivity index (χ1) is 18.6. The number of ether oxygens (including phenoxy) is 1. The fourth-order valence-electron chi connectivity index (χ4n) is 3.94. The number of carbonyl (C=O) groups is 2. The highest BCUT2D eigenvalue weighted by Crippen LogP contribution is 2.22. The lowest BCUT2D eigenvalue weighted by atomic mass is 10.2. The third-order valence-electron chi connectivity index (χ3n) is 5.78. The molecule has 2 aromatic carbocycles. The van der Waals surface area contributed by atoms with Crippen molar-refractivity contribution in [1.29, 1.82) is 0 Å². The summed E-state index contributed by atoms with van der Waals surface area (Å²) in [4.78, 5) is 42.0. The van der Waals surface area contributed by atoms with Gasteiger partial charge in [0.2, 0.25) is 0 Å². The predicted molar refractivity (Wildman–Crippen MR) is 134 cm³/mol. The molecule has 0 radical (unpaired) electrons. The van der Waals surface area contributed by atoms with Gasteiger partial charge in [0.25, 0.3) is 11.8 Å². The Labute approximate surface area is 219 Å². The summed E-state index contributed by atoms with van der Waals surface area (Å²) in [6, 6.07) is 13.9. The number of aryl methyl sites for hydroxylation is 1. The molecule has 0 aliphatic carbocycles. The van der Waals surface area contributed by atoms with Gasteiger partial charge >= 0.3 is 11.9 Å². The van der Waals surface area contributed by atoms with Gasteiger partial charge in [-0.1, -0.05) is 18.2 Å². The molecule has 3 heterocycles. The van der Waals surface area contributed by atoms with Gasteiger partial charge in [-0.25, -0.2) is 14.3 Å². The maximum atomic E-state index is 13.2. The molecule has 2 N–H and O–H groups in total. The third kappa shape index (κ3) is 5.61. The lowest BCUT2D eigenvalue weighted by Crippen LogP contribution is -2.28. The number of aromatic nitrogens is 4. The first-order valence-corrected chi connectivity index (χ1v) is 11.7. The Hall–Kier alpha value is -5.07. The molecule has 0 saturated carbocycles. The normalized spacial score (nSPS) is 11.6. The molecule has 2 amide bonds. The number of alkyl halides is 2. The maximum absolute atomic E-state index is 13.2. The monoisotopic (exact) mass is 536 g/mol. The zero-order valence-corrected chi connectivity index (χ0v) is 20.8. The van der Waals surface area contributed by atoms with Crippen LogP contribution in [0.25, 0.3) is 16.7 Å². The summed E-state index contributed by atoms with van der Waals surface area (Å²) < 4.78 is 38.7. The zero-order valence-electron chi connectivity index (χ0n) is 20.8. The Morgan fingerprint density at radius 1 is 1.03 bits per heavy atom. The number of halogens is 2. The minimum Gasteiger partial charge on any atom is -0.433 e. The van der Waals surface area contributed by atoms with Crippen LogP contribution in [-0.4, -0.2) is 37.1 Å². The van der Waals surface area contributed by atoms with E-state index in [0.29, 0.717) is 23.6 Å². The van der Waals surface area contributed by atoms with Crippen molar-refractivity contribution in [1.82, 2.24) is 29.8 Å². The molecular weight excluding hydrogens is 514 g/mol. The van der Waals surface area contributed by atoms with Crippen molar-refractivity contribution < 1.29 is 27.5 Å². The van der Waals surface area contributed by atoms with Gasteiger partial charge in [0.1, 0.15) is 17.1 Å². The number of fused-ring (bicyclic) bond motifs is 2. The van der Waals surface area contributed by atoms with Crippen LogP contribution in [0, 0.1) is 0 Å². The standard InChI is InChI=1S/C26H22F2N6O5/c1-26(27,28)39-17-5-3-4-15(10-17)13-30-24(36)20-12-18(32-22-8-9-31-34(20)22)23(35)29-14-16-6-7-21-19(11-16)33(2)25(37)38-21/h3-12H,13-14H2,1-2H3,(H,29,35)(H,30,36). The van der Waals surface area contributed by atoms with Crippen molar-refractivity contribution in [2.45, 2.75) is 26.1 Å². The molecule has 0 saturated heterocycles. The fraction of sp³-hybridized carbons (Fsp3) is 0.192. The van der Waals surface area contributed by atoms with Crippen molar-refractivity contribution in [2.75, 3.05) is 0 Å². The fourth-order valence-corrected chi connectivity index (χ4v) is 3.94. The predicted octanol–water partition coefficient (Wildman–Crippen LogP) is 3.03. The van der Waals surface area contributed by atoms with E-state index in [-0.39, 0.29) is 35.9 Å². The number of nitrogens with one attached hydrogen (secondary N) is 2. The molecule has 13 heteroatoms. The second-order valence-corrected chi connectivity index (χ2v) is 8.78. The number of carbonyl (C=O) groups excluding carboxylic acids is 2. The molecule has 5 rings (SSSR count). The number of oxazole rings is 1. The summed E-state index contributed by atoms with van der Waals surface area (Å²) in [6.07, 6.45) is -1.90. The number of benzene rings is 2. The van der Waals surface area contributed by atoms with Crippen LogP contribution in [-0.2, 0) is 20.1 Å². The van der Waals surface area contributed by atoms with Gasteiger partial charge in [-0.3, -0.25) is 14.2 Å². The van der Waals surface area contributed by atoms with Gasteiger partial charge in [0.15, 0.2) is 11.2 Å². The Morgan fingerprint density at radius 3 is 2.54 bits per heavy atom. The summed E-state index contributed by atoms with van der Waals surface area (Å²) in [6.45, 7) is 0.781. The van der Waals surface area contributed by atoms with Crippen LogP contribution in [0.2, 0.25) is 0 Å². The van der Waals surface area contributed by atoms with E-state index in [4.69, 9.17) is 4.42 Å². The topological polar surface area (TPSA) is 133 Å². The van der Waals surface area contributed by atoms with E-state index in [9.17, 15) is 23.2 Å². The molecule has 5 aromatic rings. The van der Waals surface area contributed by atoms with Crippen LogP contribution in [0.4, 0.5) is 8.78 Å². The smallest absolute Gasteiger partial charge is 0.419 e. The second-order valence-electron chi connectivity index (χ2n) is 8.78. The lowest BCUT2D eigenvalue weighted by Gasteiger charge is -2.14. The summed E-state index contributed by atoms with van der Waals surface area (Å²) >= 11 is 0. The van der Waals surface area contributed by atoms with E-state index < -0.39 is 23.7 Å². The van der Waals surface area contributed by atoms with Crippen molar-refractivity contribution in [3.8, 4) is 5.75 Å². The molecule has 0 bridgehead atoms. The van der Waals surface area contributed by atoms with Crippen molar-refractivity contribution in [3.63, 3.8) is 0 Å². The average molecular weight is 536 g/mol. The maximum Gasteiger partial charge on any atom is 0.419 e. The summed E-state index contributed by atoms with van der Waals surface area (Å²) in [5.74, 6) is -1.61. The molecule has 0 aliphatic heterocycles. The molecular formula is C26H22F2N6O5. The molecule has 3 aromatic heterocycles. The first-order valence-electron chi connectivity index (χ1n) is 11.7. The molecule has 11 nitrogen and oxygen atoms in total. The van der Waals surface area contributed by atoms with E-state index in [1.165, 1.54) is 39.5 Å². The molecule has 0 aliphatic rings. The van der Waals surface area contributed by atoms with Gasteiger partial charge in [0, 0.05) is 39.2 Å². The Kier molecular flexibility index (Phi) is 6.56. The Bertz CT molecular complexity index is 1770. The van der Waals surface area contributed by atoms with Gasteiger partial charge in [-0.05, 0) is 35.4 Å². The summed E-state index contributed by atoms with van der Waals surface area (Å²) in [5.41, 5.74) is 2.60. The Balaban J connectivity index is 1.31. The minimum absolute atomic E-state index is 0.00878. The third-order valence-corrected chi connectivity index (χ3v) is 5.78. The number of amides is 2. The van der Waals surface area contributed by atoms with Gasteiger partial charge in [0.05, 0.1) is 11.7 Å². The molecule has 0 spiro atoms. The van der Waals surface area contributed by atoms with E-state index >= 15 is 0 Å². The number of rotatable bonds is 8. The van der Waals surface area contributed by atoms with E-state index in [1.807, 2.05) is 0 Å². The molecule has 39 heavy (non-hydrogen) atoms. The molecule has 0 fully saturated rings. The number of hydrogen-bond acceptors (Lipinski definition) is 7. The first kappa shape index (κ1) is 25.6. The average Bonchev–Trinajstić information content (AvgIpc) is 3.48. The van der Waals surface area contributed by atoms with Crippen molar-refractivity contribution >= 4 is 28.6 Å². The molecule has 0 unspecified atom stereocenters. The number of nitrogens with zero attached hydrogens (tertiary/aromatic N) is 4. The van der Waals surface area contributed by atoms with Crippen LogP contribution in [0.5, 0.6) is 5.75 Å². The summed E-state index contributed by atoms with van der Waals surface area (Å²) in [7, 11) is 1.59.